The molecule has 0 fully saturated rings. The molecule has 8 aromatic rings. The third-order valence-electron chi connectivity index (χ3n) is 11.1. The Hall–Kier alpha value is -6.52. The number of nitrogens with zero attached hydrogens (tertiary/aromatic N) is 3. The van der Waals surface area contributed by atoms with Gasteiger partial charge in [0.1, 0.15) is 0 Å². The van der Waals surface area contributed by atoms with Gasteiger partial charge in [0.15, 0.2) is 0 Å². The summed E-state index contributed by atoms with van der Waals surface area (Å²) in [7, 11) is 0. The molecule has 2 aliphatic rings. The molecule has 0 bridgehead atoms. The van der Waals surface area contributed by atoms with E-state index in [-0.39, 0.29) is 12.1 Å². The summed E-state index contributed by atoms with van der Waals surface area (Å²) in [5, 5.41) is 2.48. The van der Waals surface area contributed by atoms with Crippen LogP contribution < -0.4 is 31.1 Å². The first kappa shape index (κ1) is 32.2. The molecule has 0 atom stereocenters. The van der Waals surface area contributed by atoms with Crippen LogP contribution in [0, 0.1) is 0 Å². The molecule has 54 heavy (non-hydrogen) atoms. The second-order valence-electron chi connectivity index (χ2n) is 15.4. The van der Waals surface area contributed by atoms with E-state index in [0.717, 1.165) is 28.4 Å². The predicted molar refractivity (Wildman–Crippen MR) is 231 cm³/mol. The molecule has 2 heterocycles. The molecule has 0 unspecified atom stereocenters. The van der Waals surface area contributed by atoms with E-state index < -0.39 is 0 Å². The standard InChI is InChI=1S/C50H40BN3/c1-50(2,3)35-32-45-49-46(33-35)54(39-26-14-7-15-27-39)47-34-44(52(36-20-8-4-9-21-36)37-22-10-5-11-23-37)40-28-16-17-29-41(40)48(47)51(49)42-30-18-19-31-43(42)53(45)38-24-12-6-13-25-38/h4-34H,1-3H3. The second kappa shape index (κ2) is 12.6. The van der Waals surface area contributed by atoms with Gasteiger partial charge in [-0.15, -0.1) is 0 Å². The van der Waals surface area contributed by atoms with Crippen molar-refractivity contribution < 1.29 is 0 Å². The number of hydrogen-bond donors (Lipinski definition) is 0. The summed E-state index contributed by atoms with van der Waals surface area (Å²) in [4.78, 5) is 7.46. The van der Waals surface area contributed by atoms with Crippen LogP contribution >= 0.6 is 0 Å². The molecule has 4 heteroatoms. The Labute approximate surface area is 318 Å². The first-order valence-electron chi connectivity index (χ1n) is 18.9. The molecule has 0 saturated heterocycles. The Bertz CT molecular complexity index is 2610. The lowest BCUT2D eigenvalue weighted by Gasteiger charge is -2.45. The highest BCUT2D eigenvalue weighted by Crippen LogP contribution is 2.49. The maximum atomic E-state index is 2.54. The van der Waals surface area contributed by atoms with Crippen LogP contribution in [-0.4, -0.2) is 6.71 Å². The highest BCUT2D eigenvalue weighted by Gasteiger charge is 2.45. The molecule has 0 aliphatic carbocycles. The summed E-state index contributed by atoms with van der Waals surface area (Å²) >= 11 is 0. The molecule has 0 N–H and O–H groups in total. The van der Waals surface area contributed by atoms with E-state index in [1.54, 1.807) is 0 Å². The van der Waals surface area contributed by atoms with Crippen LogP contribution in [0.1, 0.15) is 26.3 Å². The van der Waals surface area contributed by atoms with Crippen LogP contribution in [0.3, 0.4) is 0 Å². The molecular formula is C50H40BN3. The second-order valence-corrected chi connectivity index (χ2v) is 15.4. The zero-order valence-electron chi connectivity index (χ0n) is 30.8. The Morgan fingerprint density at radius 2 is 0.870 bits per heavy atom. The fourth-order valence-electron chi connectivity index (χ4n) is 8.70. The van der Waals surface area contributed by atoms with Gasteiger partial charge < -0.3 is 14.7 Å². The molecule has 3 nitrogen and oxygen atoms in total. The lowest BCUT2D eigenvalue weighted by molar-refractivity contribution is 0.590. The quantitative estimate of drug-likeness (QED) is 0.166. The van der Waals surface area contributed by atoms with Crippen molar-refractivity contribution in [3.8, 4) is 0 Å². The summed E-state index contributed by atoms with van der Waals surface area (Å²) in [5.41, 5.74) is 15.8. The molecule has 0 radical (unpaired) electrons. The van der Waals surface area contributed by atoms with Gasteiger partial charge in [-0.3, -0.25) is 0 Å². The molecule has 10 rings (SSSR count). The molecule has 2 aliphatic heterocycles. The number of fused-ring (bicyclic) bond motifs is 6. The van der Waals surface area contributed by atoms with Crippen molar-refractivity contribution in [2.45, 2.75) is 26.2 Å². The minimum Gasteiger partial charge on any atom is -0.311 e. The van der Waals surface area contributed by atoms with E-state index in [4.69, 9.17) is 0 Å². The molecule has 258 valence electrons. The van der Waals surface area contributed by atoms with Crippen LogP contribution in [0.25, 0.3) is 10.8 Å². The summed E-state index contributed by atoms with van der Waals surface area (Å²) in [6.07, 6.45) is 0. The van der Waals surface area contributed by atoms with Crippen LogP contribution in [0.4, 0.5) is 51.2 Å². The van der Waals surface area contributed by atoms with Gasteiger partial charge in [0, 0.05) is 50.9 Å². The zero-order chi connectivity index (χ0) is 36.4. The smallest absolute Gasteiger partial charge is 0.252 e. The Balaban J connectivity index is 1.37. The zero-order valence-corrected chi connectivity index (χ0v) is 30.8. The van der Waals surface area contributed by atoms with Crippen molar-refractivity contribution in [1.29, 1.82) is 0 Å². The van der Waals surface area contributed by atoms with Crippen molar-refractivity contribution in [3.05, 3.63) is 194 Å². The van der Waals surface area contributed by atoms with Gasteiger partial charge in [-0.2, -0.15) is 0 Å². The third kappa shape index (κ3) is 5.05. The average molecular weight is 694 g/mol. The lowest BCUT2D eigenvalue weighted by atomic mass is 9.33. The fourth-order valence-corrected chi connectivity index (χ4v) is 8.70. The number of hydrogen-bond acceptors (Lipinski definition) is 3. The summed E-state index contributed by atoms with van der Waals surface area (Å²) in [6, 6.07) is 68.9. The largest absolute Gasteiger partial charge is 0.311 e. The predicted octanol–water partition coefficient (Wildman–Crippen LogP) is 11.7. The van der Waals surface area contributed by atoms with Crippen molar-refractivity contribution in [2.75, 3.05) is 14.7 Å². The van der Waals surface area contributed by atoms with Gasteiger partial charge >= 0.3 is 0 Å². The van der Waals surface area contributed by atoms with E-state index >= 15 is 0 Å². The highest BCUT2D eigenvalue weighted by atomic mass is 15.2. The van der Waals surface area contributed by atoms with Gasteiger partial charge in [-0.25, -0.2) is 0 Å². The topological polar surface area (TPSA) is 9.72 Å². The number of anilines is 9. The van der Waals surface area contributed by atoms with E-state index in [0.29, 0.717) is 0 Å². The van der Waals surface area contributed by atoms with Crippen LogP contribution in [-0.2, 0) is 5.41 Å². The molecule has 0 amide bonds. The van der Waals surface area contributed by atoms with Crippen LogP contribution in [0.15, 0.2) is 188 Å². The summed E-state index contributed by atoms with van der Waals surface area (Å²) in [5.74, 6) is 0. The minimum absolute atomic E-state index is 0.0102. The van der Waals surface area contributed by atoms with Crippen molar-refractivity contribution in [1.82, 2.24) is 0 Å². The Morgan fingerprint density at radius 1 is 0.426 bits per heavy atom. The third-order valence-corrected chi connectivity index (χ3v) is 11.1. The maximum Gasteiger partial charge on any atom is 0.252 e. The van der Waals surface area contributed by atoms with Gasteiger partial charge in [0.05, 0.1) is 5.69 Å². The normalized spacial score (nSPS) is 13.0. The SMILES string of the molecule is CC(C)(C)c1cc2c3c(c1)N(c1ccccc1)c1cc(N(c4ccccc4)c4ccccc4)c4ccccc4c1B3c1ccccc1N2c1ccccc1. The van der Waals surface area contributed by atoms with Gasteiger partial charge in [0.2, 0.25) is 0 Å². The monoisotopic (exact) mass is 693 g/mol. The van der Waals surface area contributed by atoms with Crippen LogP contribution in [0.2, 0.25) is 0 Å². The summed E-state index contributed by atoms with van der Waals surface area (Å²) in [6.45, 7) is 7.00. The number of para-hydroxylation sites is 5. The fraction of sp³-hybridized carbons (Fsp3) is 0.0800. The highest BCUT2D eigenvalue weighted by molar-refractivity contribution is 7.01. The Kier molecular flexibility index (Phi) is 7.48. The van der Waals surface area contributed by atoms with Crippen molar-refractivity contribution in [2.24, 2.45) is 0 Å². The van der Waals surface area contributed by atoms with Crippen molar-refractivity contribution >= 4 is 85.1 Å². The number of benzene rings is 8. The molecule has 0 saturated carbocycles. The lowest BCUT2D eigenvalue weighted by Crippen LogP contribution is -2.61. The minimum atomic E-state index is -0.0883. The molecule has 8 aromatic carbocycles. The molecule has 0 aromatic heterocycles. The first-order chi connectivity index (χ1) is 26.5. The van der Waals surface area contributed by atoms with E-state index in [1.807, 2.05) is 0 Å². The molecular weight excluding hydrogens is 653 g/mol. The van der Waals surface area contributed by atoms with E-state index in [2.05, 4.69) is 224 Å². The van der Waals surface area contributed by atoms with E-state index in [9.17, 15) is 0 Å². The first-order valence-corrected chi connectivity index (χ1v) is 18.9. The van der Waals surface area contributed by atoms with Gasteiger partial charge in [0.25, 0.3) is 6.71 Å². The van der Waals surface area contributed by atoms with E-state index in [1.165, 1.54) is 55.5 Å². The van der Waals surface area contributed by atoms with Gasteiger partial charge in [-0.1, -0.05) is 136 Å². The molecule has 0 spiro atoms. The Morgan fingerprint density at radius 3 is 1.43 bits per heavy atom. The average Bonchev–Trinajstić information content (AvgIpc) is 3.22. The summed E-state index contributed by atoms with van der Waals surface area (Å²) < 4.78 is 0. The number of rotatable bonds is 5. The van der Waals surface area contributed by atoms with Crippen molar-refractivity contribution in [3.63, 3.8) is 0 Å². The van der Waals surface area contributed by atoms with Crippen LogP contribution in [0.5, 0.6) is 0 Å². The maximum absolute atomic E-state index is 2.54. The van der Waals surface area contributed by atoms with Gasteiger partial charge in [-0.05, 0) is 106 Å².